The molecule has 0 bridgehead atoms. The molecule has 5 rings (SSSR count). The molecule has 0 atom stereocenters. The van der Waals surface area contributed by atoms with E-state index in [1.807, 2.05) is 66.7 Å². The Kier molecular flexibility index (Phi) is 6.58. The van der Waals surface area contributed by atoms with Crippen LogP contribution in [0.4, 0.5) is 0 Å². The van der Waals surface area contributed by atoms with Crippen LogP contribution in [0.25, 0.3) is 10.2 Å². The summed E-state index contributed by atoms with van der Waals surface area (Å²) in [5.41, 5.74) is 1.55. The predicted octanol–water partition coefficient (Wildman–Crippen LogP) is 5.54. The van der Waals surface area contributed by atoms with Crippen LogP contribution in [-0.2, 0) is 6.42 Å². The Morgan fingerprint density at radius 2 is 1.58 bits per heavy atom. The smallest absolute Gasteiger partial charge is 0.279 e. The van der Waals surface area contributed by atoms with E-state index in [1.54, 1.807) is 0 Å². The minimum absolute atomic E-state index is 0.599. The van der Waals surface area contributed by atoms with E-state index < -0.39 is 5.60 Å². The van der Waals surface area contributed by atoms with Gasteiger partial charge in [-0.2, -0.15) is 0 Å². The number of hydrogen-bond acceptors (Lipinski definition) is 6. The second kappa shape index (κ2) is 9.91. The zero-order chi connectivity index (χ0) is 22.5. The lowest BCUT2D eigenvalue weighted by Crippen LogP contribution is -2.46. The van der Waals surface area contributed by atoms with Gasteiger partial charge in [0.05, 0.1) is 15.8 Å². The molecule has 0 spiro atoms. The van der Waals surface area contributed by atoms with E-state index in [-0.39, 0.29) is 0 Å². The molecule has 0 amide bonds. The number of ether oxygens (including phenoxy) is 2. The maximum Gasteiger partial charge on any atom is 0.279 e. The average Bonchev–Trinajstić information content (AvgIpc) is 3.24. The zero-order valence-corrected chi connectivity index (χ0v) is 19.3. The highest BCUT2D eigenvalue weighted by Crippen LogP contribution is 2.32. The maximum absolute atomic E-state index is 10.9. The van der Waals surface area contributed by atoms with Crippen molar-refractivity contribution in [1.82, 2.24) is 9.88 Å². The molecule has 1 saturated heterocycles. The molecule has 6 heteroatoms. The summed E-state index contributed by atoms with van der Waals surface area (Å²) < 4.78 is 13.0. The molecule has 1 fully saturated rings. The van der Waals surface area contributed by atoms with Gasteiger partial charge < -0.3 is 14.6 Å². The van der Waals surface area contributed by atoms with E-state index in [4.69, 9.17) is 9.47 Å². The molecule has 4 aromatic rings. The molecule has 0 saturated carbocycles. The Labute approximate surface area is 198 Å². The number of rotatable bonds is 8. The van der Waals surface area contributed by atoms with E-state index in [1.165, 1.54) is 16.9 Å². The highest BCUT2D eigenvalue weighted by molar-refractivity contribution is 7.20. The van der Waals surface area contributed by atoms with Gasteiger partial charge in [0.2, 0.25) is 0 Å². The van der Waals surface area contributed by atoms with Gasteiger partial charge in [0.25, 0.3) is 5.19 Å². The van der Waals surface area contributed by atoms with Crippen molar-refractivity contribution in [1.29, 1.82) is 0 Å². The molecular weight excluding hydrogens is 432 g/mol. The molecule has 1 N–H and O–H groups in total. The average molecular weight is 461 g/mol. The highest BCUT2D eigenvalue weighted by Gasteiger charge is 2.32. The van der Waals surface area contributed by atoms with Gasteiger partial charge in [-0.15, -0.1) is 0 Å². The van der Waals surface area contributed by atoms with Crippen LogP contribution in [0.15, 0.2) is 78.9 Å². The number of aliphatic hydroxyl groups is 1. The number of nitrogens with zero attached hydrogens (tertiary/aromatic N) is 2. The largest absolute Gasteiger partial charge is 0.492 e. The van der Waals surface area contributed by atoms with Crippen LogP contribution in [0.3, 0.4) is 0 Å². The predicted molar refractivity (Wildman–Crippen MR) is 132 cm³/mol. The molecule has 0 radical (unpaired) electrons. The van der Waals surface area contributed by atoms with Gasteiger partial charge in [-0.1, -0.05) is 53.8 Å². The summed E-state index contributed by atoms with van der Waals surface area (Å²) in [6.45, 7) is 3.25. The normalized spacial score (nSPS) is 16.0. The molecular formula is C27H28N2O3S. The summed E-state index contributed by atoms with van der Waals surface area (Å²) in [7, 11) is 0. The number of piperidine rings is 1. The molecule has 3 aromatic carbocycles. The van der Waals surface area contributed by atoms with Crippen molar-refractivity contribution >= 4 is 21.6 Å². The van der Waals surface area contributed by atoms with Crippen LogP contribution in [0.2, 0.25) is 0 Å². The molecule has 1 aliphatic rings. The van der Waals surface area contributed by atoms with E-state index in [0.29, 0.717) is 11.8 Å². The van der Waals surface area contributed by atoms with E-state index in [0.717, 1.165) is 60.6 Å². The third kappa shape index (κ3) is 5.71. The molecule has 0 unspecified atom stereocenters. The molecule has 1 aliphatic heterocycles. The maximum atomic E-state index is 10.9. The van der Waals surface area contributed by atoms with Gasteiger partial charge in [0, 0.05) is 26.1 Å². The van der Waals surface area contributed by atoms with Gasteiger partial charge in [-0.05, 0) is 54.8 Å². The minimum atomic E-state index is -0.599. The van der Waals surface area contributed by atoms with Crippen molar-refractivity contribution in [2.75, 3.05) is 26.2 Å². The monoisotopic (exact) mass is 460 g/mol. The van der Waals surface area contributed by atoms with Crippen molar-refractivity contribution in [3.8, 4) is 16.7 Å². The van der Waals surface area contributed by atoms with Crippen LogP contribution in [0, 0.1) is 0 Å². The number of aromatic nitrogens is 1. The second-order valence-electron chi connectivity index (χ2n) is 8.60. The van der Waals surface area contributed by atoms with Crippen molar-refractivity contribution in [2.24, 2.45) is 0 Å². The first-order chi connectivity index (χ1) is 16.2. The number of fused-ring (bicyclic) bond motifs is 1. The Hall–Kier alpha value is -2.93. The molecule has 1 aromatic heterocycles. The number of likely N-dealkylation sites (tertiary alicyclic amines) is 1. The lowest BCUT2D eigenvalue weighted by molar-refractivity contribution is -0.0226. The Morgan fingerprint density at radius 3 is 2.33 bits per heavy atom. The van der Waals surface area contributed by atoms with Gasteiger partial charge in [-0.25, -0.2) is 4.98 Å². The SMILES string of the molecule is OC1(Cc2ccccc2)CCN(CCOc2ccc(Oc3nc4ccccc4s3)cc2)CC1. The molecule has 5 nitrogen and oxygen atoms in total. The summed E-state index contributed by atoms with van der Waals surface area (Å²) in [6.07, 6.45) is 2.31. The summed E-state index contributed by atoms with van der Waals surface area (Å²) in [5, 5.41) is 11.6. The molecule has 170 valence electrons. The van der Waals surface area contributed by atoms with Crippen LogP contribution < -0.4 is 9.47 Å². The van der Waals surface area contributed by atoms with Gasteiger partial charge >= 0.3 is 0 Å². The number of para-hydroxylation sites is 1. The first-order valence-corrected chi connectivity index (χ1v) is 12.2. The fourth-order valence-corrected chi connectivity index (χ4v) is 5.07. The Bertz CT molecular complexity index is 1140. The van der Waals surface area contributed by atoms with Crippen molar-refractivity contribution in [2.45, 2.75) is 24.9 Å². The number of benzene rings is 3. The number of hydrogen-bond donors (Lipinski definition) is 1. The molecule has 0 aliphatic carbocycles. The van der Waals surface area contributed by atoms with E-state index in [2.05, 4.69) is 22.0 Å². The first-order valence-electron chi connectivity index (χ1n) is 11.4. The fourth-order valence-electron chi connectivity index (χ4n) is 4.24. The second-order valence-corrected chi connectivity index (χ2v) is 9.59. The van der Waals surface area contributed by atoms with Crippen molar-refractivity contribution < 1.29 is 14.6 Å². The number of thiazole rings is 1. The summed E-state index contributed by atoms with van der Waals surface area (Å²) in [6, 6.07) is 25.9. The van der Waals surface area contributed by atoms with Crippen LogP contribution in [0.1, 0.15) is 18.4 Å². The molecule has 2 heterocycles. The quantitative estimate of drug-likeness (QED) is 0.374. The lowest BCUT2D eigenvalue weighted by Gasteiger charge is -2.38. The Balaban J connectivity index is 1.06. The zero-order valence-electron chi connectivity index (χ0n) is 18.5. The van der Waals surface area contributed by atoms with E-state index in [9.17, 15) is 5.11 Å². The van der Waals surface area contributed by atoms with Gasteiger partial charge in [0.1, 0.15) is 18.1 Å². The third-order valence-corrected chi connectivity index (χ3v) is 7.06. The van der Waals surface area contributed by atoms with Gasteiger partial charge in [-0.3, -0.25) is 4.90 Å². The summed E-state index contributed by atoms with van der Waals surface area (Å²) >= 11 is 1.54. The van der Waals surface area contributed by atoms with Crippen LogP contribution in [-0.4, -0.2) is 46.8 Å². The van der Waals surface area contributed by atoms with E-state index >= 15 is 0 Å². The summed E-state index contributed by atoms with van der Waals surface area (Å²) in [5.74, 6) is 1.57. The topological polar surface area (TPSA) is 54.8 Å². The van der Waals surface area contributed by atoms with Crippen LogP contribution in [0.5, 0.6) is 16.7 Å². The van der Waals surface area contributed by atoms with Crippen molar-refractivity contribution in [3.05, 3.63) is 84.4 Å². The lowest BCUT2D eigenvalue weighted by atomic mass is 9.85. The minimum Gasteiger partial charge on any atom is -0.492 e. The Morgan fingerprint density at radius 1 is 0.879 bits per heavy atom. The standard InChI is InChI=1S/C27H28N2O3S/c30-27(20-21-6-2-1-3-7-21)14-16-29(17-15-27)18-19-31-22-10-12-23(13-11-22)32-26-28-24-8-4-5-9-25(24)33-26/h1-13,30H,14-20H2. The first kappa shape index (κ1) is 21.9. The van der Waals surface area contributed by atoms with Gasteiger partial charge in [0.15, 0.2) is 0 Å². The summed E-state index contributed by atoms with van der Waals surface area (Å²) in [4.78, 5) is 6.87. The third-order valence-electron chi connectivity index (χ3n) is 6.14. The van der Waals surface area contributed by atoms with Crippen LogP contribution >= 0.6 is 11.3 Å². The highest BCUT2D eigenvalue weighted by atomic mass is 32.1. The molecule has 33 heavy (non-hydrogen) atoms. The fraction of sp³-hybridized carbons (Fsp3) is 0.296. The van der Waals surface area contributed by atoms with Crippen molar-refractivity contribution in [3.63, 3.8) is 0 Å².